The van der Waals surface area contributed by atoms with Gasteiger partial charge in [0.2, 0.25) is 0 Å². The molecule has 1 atom stereocenters. The van der Waals surface area contributed by atoms with E-state index >= 15 is 0 Å². The SMILES string of the molecule is CC(C)(C)C(=O)O[C@H]1CCN(c2ccc(N=Nc3ccc([N+](=O)[O-])cc3)cc2)C1. The Balaban J connectivity index is 1.57. The molecule has 0 aromatic heterocycles. The van der Waals surface area contributed by atoms with E-state index < -0.39 is 10.3 Å². The Hall–Kier alpha value is -3.29. The van der Waals surface area contributed by atoms with E-state index in [2.05, 4.69) is 15.1 Å². The van der Waals surface area contributed by atoms with Crippen molar-refractivity contribution in [3.8, 4) is 0 Å². The molecule has 152 valence electrons. The van der Waals surface area contributed by atoms with Gasteiger partial charge in [0, 0.05) is 30.8 Å². The molecule has 1 saturated heterocycles. The number of nitrogens with zero attached hydrogens (tertiary/aromatic N) is 4. The third kappa shape index (κ3) is 5.37. The lowest BCUT2D eigenvalue weighted by Gasteiger charge is -2.22. The Morgan fingerprint density at radius 1 is 1.07 bits per heavy atom. The number of azo groups is 1. The number of hydrogen-bond donors (Lipinski definition) is 0. The summed E-state index contributed by atoms with van der Waals surface area (Å²) >= 11 is 0. The van der Waals surface area contributed by atoms with Gasteiger partial charge in [0.05, 0.1) is 28.3 Å². The second-order valence-corrected chi connectivity index (χ2v) is 8.00. The van der Waals surface area contributed by atoms with Crippen molar-refractivity contribution in [2.45, 2.75) is 33.3 Å². The van der Waals surface area contributed by atoms with Crippen LogP contribution in [0.15, 0.2) is 58.8 Å². The summed E-state index contributed by atoms with van der Waals surface area (Å²) in [6.45, 7) is 7.06. The first-order valence-corrected chi connectivity index (χ1v) is 9.45. The van der Waals surface area contributed by atoms with Gasteiger partial charge in [0.25, 0.3) is 5.69 Å². The number of carbonyl (C=O) groups excluding carboxylic acids is 1. The van der Waals surface area contributed by atoms with E-state index in [4.69, 9.17) is 4.74 Å². The summed E-state index contributed by atoms with van der Waals surface area (Å²) in [4.78, 5) is 24.5. The zero-order valence-electron chi connectivity index (χ0n) is 16.7. The summed E-state index contributed by atoms with van der Waals surface area (Å²) in [7, 11) is 0. The maximum atomic E-state index is 12.1. The minimum atomic E-state index is -0.496. The van der Waals surface area contributed by atoms with E-state index in [0.29, 0.717) is 17.9 Å². The van der Waals surface area contributed by atoms with Crippen LogP contribution < -0.4 is 4.90 Å². The molecule has 0 spiro atoms. The van der Waals surface area contributed by atoms with Gasteiger partial charge in [-0.25, -0.2) is 0 Å². The quantitative estimate of drug-likeness (QED) is 0.300. The molecule has 2 aromatic carbocycles. The Bertz CT molecular complexity index is 902. The first kappa shape index (κ1) is 20.4. The fourth-order valence-electron chi connectivity index (χ4n) is 2.87. The van der Waals surface area contributed by atoms with Gasteiger partial charge in [0.1, 0.15) is 6.10 Å². The highest BCUT2D eigenvalue weighted by Crippen LogP contribution is 2.27. The normalized spacial score (nSPS) is 16.9. The number of nitro groups is 1. The molecular weight excluding hydrogens is 372 g/mol. The van der Waals surface area contributed by atoms with Crippen LogP contribution in [0.2, 0.25) is 0 Å². The molecule has 8 nitrogen and oxygen atoms in total. The monoisotopic (exact) mass is 396 g/mol. The topological polar surface area (TPSA) is 97.4 Å². The van der Waals surface area contributed by atoms with Crippen molar-refractivity contribution < 1.29 is 14.5 Å². The van der Waals surface area contributed by atoms with Crippen molar-refractivity contribution in [1.82, 2.24) is 0 Å². The van der Waals surface area contributed by atoms with Gasteiger partial charge in [-0.2, -0.15) is 10.2 Å². The van der Waals surface area contributed by atoms with Gasteiger partial charge < -0.3 is 9.64 Å². The molecule has 8 heteroatoms. The Morgan fingerprint density at radius 3 is 2.14 bits per heavy atom. The molecule has 0 N–H and O–H groups in total. The van der Waals surface area contributed by atoms with Crippen LogP contribution in [0.5, 0.6) is 0 Å². The lowest BCUT2D eigenvalue weighted by Crippen LogP contribution is -2.30. The van der Waals surface area contributed by atoms with Crippen LogP contribution in [0, 0.1) is 15.5 Å². The average Bonchev–Trinajstić information content (AvgIpc) is 3.15. The van der Waals surface area contributed by atoms with Crippen LogP contribution >= 0.6 is 0 Å². The second-order valence-electron chi connectivity index (χ2n) is 8.00. The van der Waals surface area contributed by atoms with E-state index in [1.165, 1.54) is 12.1 Å². The van der Waals surface area contributed by atoms with Crippen molar-refractivity contribution >= 4 is 28.7 Å². The summed E-state index contributed by atoms with van der Waals surface area (Å²) in [5, 5.41) is 18.9. The number of benzene rings is 2. The van der Waals surface area contributed by atoms with Crippen molar-refractivity contribution in [2.75, 3.05) is 18.0 Å². The smallest absolute Gasteiger partial charge is 0.311 e. The van der Waals surface area contributed by atoms with E-state index in [0.717, 1.165) is 18.7 Å². The number of anilines is 1. The standard InChI is InChI=1S/C21H24N4O4/c1-21(2,3)20(26)29-19-12-13-24(14-19)17-8-4-15(5-9-17)22-23-16-6-10-18(11-7-16)25(27)28/h4-11,19H,12-14H2,1-3H3/t19-/m0/s1. The van der Waals surface area contributed by atoms with Gasteiger partial charge in [-0.3, -0.25) is 14.9 Å². The number of hydrogen-bond acceptors (Lipinski definition) is 7. The Morgan fingerprint density at radius 2 is 1.62 bits per heavy atom. The van der Waals surface area contributed by atoms with E-state index in [1.54, 1.807) is 12.1 Å². The Labute approximate surface area is 169 Å². The van der Waals surface area contributed by atoms with Gasteiger partial charge in [-0.1, -0.05) is 0 Å². The third-order valence-corrected chi connectivity index (χ3v) is 4.59. The molecule has 0 radical (unpaired) electrons. The summed E-state index contributed by atoms with van der Waals surface area (Å²) in [6.07, 6.45) is 0.715. The fourth-order valence-corrected chi connectivity index (χ4v) is 2.87. The molecule has 1 aliphatic rings. The molecule has 0 unspecified atom stereocenters. The molecule has 2 aromatic rings. The van der Waals surface area contributed by atoms with E-state index in [-0.39, 0.29) is 17.8 Å². The van der Waals surface area contributed by atoms with Crippen molar-refractivity contribution in [2.24, 2.45) is 15.6 Å². The van der Waals surface area contributed by atoms with Gasteiger partial charge in [0.15, 0.2) is 0 Å². The van der Waals surface area contributed by atoms with Crippen LogP contribution in [0.4, 0.5) is 22.7 Å². The van der Waals surface area contributed by atoms with Crippen molar-refractivity contribution in [3.05, 3.63) is 58.6 Å². The molecular formula is C21H24N4O4. The summed E-state index contributed by atoms with van der Waals surface area (Å²) in [6, 6.07) is 13.5. The van der Waals surface area contributed by atoms with Crippen molar-refractivity contribution in [3.63, 3.8) is 0 Å². The first-order chi connectivity index (χ1) is 13.7. The number of non-ortho nitro benzene ring substituents is 1. The van der Waals surface area contributed by atoms with E-state index in [9.17, 15) is 14.9 Å². The zero-order chi connectivity index (χ0) is 21.0. The van der Waals surface area contributed by atoms with Crippen LogP contribution in [0.1, 0.15) is 27.2 Å². The molecule has 0 amide bonds. The highest BCUT2D eigenvalue weighted by molar-refractivity contribution is 5.75. The largest absolute Gasteiger partial charge is 0.460 e. The molecule has 0 saturated carbocycles. The number of nitro benzene ring substituents is 1. The lowest BCUT2D eigenvalue weighted by molar-refractivity contribution is -0.384. The third-order valence-electron chi connectivity index (χ3n) is 4.59. The van der Waals surface area contributed by atoms with E-state index in [1.807, 2.05) is 45.0 Å². The predicted octanol–water partition coefficient (Wildman–Crippen LogP) is 5.18. The van der Waals surface area contributed by atoms with Gasteiger partial charge >= 0.3 is 5.97 Å². The van der Waals surface area contributed by atoms with Crippen LogP contribution in [-0.2, 0) is 9.53 Å². The van der Waals surface area contributed by atoms with Gasteiger partial charge in [-0.05, 0) is 57.2 Å². The second kappa shape index (κ2) is 8.38. The maximum Gasteiger partial charge on any atom is 0.311 e. The maximum absolute atomic E-state index is 12.1. The Kier molecular flexibility index (Phi) is 5.91. The summed E-state index contributed by atoms with van der Waals surface area (Å²) < 4.78 is 5.61. The minimum Gasteiger partial charge on any atom is -0.460 e. The zero-order valence-corrected chi connectivity index (χ0v) is 16.7. The number of ether oxygens (including phenoxy) is 1. The van der Waals surface area contributed by atoms with Crippen LogP contribution in [0.25, 0.3) is 0 Å². The molecule has 1 fully saturated rings. The molecule has 0 bridgehead atoms. The van der Waals surface area contributed by atoms with Crippen molar-refractivity contribution in [1.29, 1.82) is 0 Å². The molecule has 3 rings (SSSR count). The number of rotatable bonds is 5. The fraction of sp³-hybridized carbons (Fsp3) is 0.381. The molecule has 0 aliphatic carbocycles. The predicted molar refractivity (Wildman–Crippen MR) is 110 cm³/mol. The van der Waals surface area contributed by atoms with Gasteiger partial charge in [-0.15, -0.1) is 0 Å². The highest BCUT2D eigenvalue weighted by Gasteiger charge is 2.30. The minimum absolute atomic E-state index is 0.0189. The molecule has 1 heterocycles. The summed E-state index contributed by atoms with van der Waals surface area (Å²) in [5.74, 6) is -0.175. The average molecular weight is 396 g/mol. The molecule has 1 aliphatic heterocycles. The summed E-state index contributed by atoms with van der Waals surface area (Å²) in [5.41, 5.74) is 1.78. The lowest BCUT2D eigenvalue weighted by atomic mass is 9.97. The number of carbonyl (C=O) groups is 1. The first-order valence-electron chi connectivity index (χ1n) is 9.45. The highest BCUT2D eigenvalue weighted by atomic mass is 16.6. The number of esters is 1. The van der Waals surface area contributed by atoms with Crippen LogP contribution in [0.3, 0.4) is 0 Å². The molecule has 29 heavy (non-hydrogen) atoms. The van der Waals surface area contributed by atoms with Crippen LogP contribution in [-0.4, -0.2) is 30.1 Å².